The molecule has 0 aromatic heterocycles. The summed E-state index contributed by atoms with van der Waals surface area (Å²) in [5.41, 5.74) is 5.68. The van der Waals surface area contributed by atoms with Crippen LogP contribution in [0.2, 0.25) is 0 Å². The molecule has 2 heteroatoms. The number of aryl methyl sites for hydroxylation is 2. The van der Waals surface area contributed by atoms with Gasteiger partial charge in [0.05, 0.1) is 0 Å². The summed E-state index contributed by atoms with van der Waals surface area (Å²) in [4.78, 5) is 0. The summed E-state index contributed by atoms with van der Waals surface area (Å²) >= 11 is 0. The Hall–Kier alpha value is -1.96. The highest BCUT2D eigenvalue weighted by molar-refractivity contribution is 5.45. The quantitative estimate of drug-likeness (QED) is 0.556. The second-order valence-corrected chi connectivity index (χ2v) is 10.7. The molecule has 2 aromatic rings. The van der Waals surface area contributed by atoms with Gasteiger partial charge in [-0.2, -0.15) is 0 Å². The van der Waals surface area contributed by atoms with Crippen molar-refractivity contribution < 1.29 is 10.2 Å². The number of hydrogen-bond donors (Lipinski definition) is 2. The van der Waals surface area contributed by atoms with Crippen LogP contribution >= 0.6 is 0 Å². The Labute approximate surface area is 181 Å². The van der Waals surface area contributed by atoms with Gasteiger partial charge in [0.15, 0.2) is 0 Å². The Kier molecular flexibility index (Phi) is 4.87. The van der Waals surface area contributed by atoms with E-state index in [1.807, 2.05) is 12.1 Å². The van der Waals surface area contributed by atoms with Gasteiger partial charge in [-0.1, -0.05) is 51.0 Å². The van der Waals surface area contributed by atoms with Crippen LogP contribution in [0.15, 0.2) is 36.4 Å². The van der Waals surface area contributed by atoms with Gasteiger partial charge in [-0.25, -0.2) is 0 Å². The lowest BCUT2D eigenvalue weighted by Gasteiger charge is -2.63. The fourth-order valence-electron chi connectivity index (χ4n) is 7.71. The number of phenolic OH excluding ortho intramolecular Hbond substituents is 2. The molecule has 4 saturated carbocycles. The minimum Gasteiger partial charge on any atom is -0.508 e. The molecule has 0 saturated heterocycles. The molecule has 4 bridgehead atoms. The normalized spacial score (nSPS) is 31.9. The van der Waals surface area contributed by atoms with E-state index >= 15 is 0 Å². The molecule has 0 aliphatic heterocycles. The van der Waals surface area contributed by atoms with E-state index in [9.17, 15) is 10.2 Å². The van der Waals surface area contributed by atoms with E-state index in [1.54, 1.807) is 0 Å². The van der Waals surface area contributed by atoms with Crippen LogP contribution in [0.5, 0.6) is 11.5 Å². The maximum Gasteiger partial charge on any atom is 0.118 e. The van der Waals surface area contributed by atoms with E-state index < -0.39 is 0 Å². The van der Waals surface area contributed by atoms with Crippen LogP contribution in [-0.4, -0.2) is 10.2 Å². The monoisotopic (exact) mass is 404 g/mol. The Balaban J connectivity index is 1.56. The van der Waals surface area contributed by atoms with E-state index in [2.05, 4.69) is 38.1 Å². The molecule has 30 heavy (non-hydrogen) atoms. The lowest BCUT2D eigenvalue weighted by molar-refractivity contribution is -0.0282. The molecule has 4 aliphatic carbocycles. The van der Waals surface area contributed by atoms with Crippen LogP contribution in [0.3, 0.4) is 0 Å². The molecule has 2 N–H and O–H groups in total. The maximum atomic E-state index is 10.4. The van der Waals surface area contributed by atoms with E-state index in [1.165, 1.54) is 49.7 Å². The number of rotatable bonds is 6. The molecule has 0 atom stereocenters. The highest BCUT2D eigenvalue weighted by Gasteiger charge is 2.58. The van der Waals surface area contributed by atoms with Gasteiger partial charge in [0.1, 0.15) is 11.5 Å². The lowest BCUT2D eigenvalue weighted by atomic mass is 9.41. The van der Waals surface area contributed by atoms with Crippen molar-refractivity contribution in [2.45, 2.75) is 88.9 Å². The first-order chi connectivity index (χ1) is 14.5. The SMILES string of the molecule is CCCc1cc(C23CC4CC(C2)CC(c2ccc(O)c(CCC)c2)(C4)C3)ccc1O. The number of aromatic hydroxyl groups is 2. The molecule has 0 radical (unpaired) electrons. The molecule has 6 rings (SSSR count). The van der Waals surface area contributed by atoms with Gasteiger partial charge in [0.25, 0.3) is 0 Å². The van der Waals surface area contributed by atoms with Crippen molar-refractivity contribution >= 4 is 0 Å². The zero-order valence-electron chi connectivity index (χ0n) is 18.6. The number of benzene rings is 2. The highest BCUT2D eigenvalue weighted by atomic mass is 16.3. The highest BCUT2D eigenvalue weighted by Crippen LogP contribution is 2.66. The van der Waals surface area contributed by atoms with Gasteiger partial charge < -0.3 is 10.2 Å². The molecular weight excluding hydrogens is 368 g/mol. The summed E-state index contributed by atoms with van der Waals surface area (Å²) in [6.45, 7) is 4.37. The second kappa shape index (κ2) is 7.32. The zero-order chi connectivity index (χ0) is 20.9. The summed E-state index contributed by atoms with van der Waals surface area (Å²) in [7, 11) is 0. The maximum absolute atomic E-state index is 10.4. The van der Waals surface area contributed by atoms with Gasteiger partial charge >= 0.3 is 0 Å². The number of phenols is 2. The summed E-state index contributed by atoms with van der Waals surface area (Å²) in [6, 6.07) is 13.0. The molecule has 0 amide bonds. The molecule has 0 spiro atoms. The minimum absolute atomic E-state index is 0.253. The second-order valence-electron chi connectivity index (χ2n) is 10.7. The molecule has 160 valence electrons. The largest absolute Gasteiger partial charge is 0.508 e. The Morgan fingerprint density at radius 1 is 0.733 bits per heavy atom. The van der Waals surface area contributed by atoms with Crippen LogP contribution in [0.1, 0.15) is 87.5 Å². The van der Waals surface area contributed by atoms with Crippen LogP contribution in [0.4, 0.5) is 0 Å². The third-order valence-electron chi connectivity index (χ3n) is 8.48. The third kappa shape index (κ3) is 3.15. The molecule has 4 aliphatic rings. The van der Waals surface area contributed by atoms with Crippen LogP contribution in [-0.2, 0) is 23.7 Å². The smallest absolute Gasteiger partial charge is 0.118 e. The van der Waals surface area contributed by atoms with Crippen molar-refractivity contribution in [3.63, 3.8) is 0 Å². The standard InChI is InChI=1S/C28H36O2/c1-3-5-21-12-23(7-9-25(21)29)27-14-19-11-20(15-27)17-28(16-19,18-27)24-8-10-26(30)22(13-24)6-4-2/h7-10,12-13,19-20,29-30H,3-6,11,14-18H2,1-2H3. The molecule has 2 aromatic carbocycles. The van der Waals surface area contributed by atoms with Crippen molar-refractivity contribution in [3.8, 4) is 11.5 Å². The van der Waals surface area contributed by atoms with Crippen molar-refractivity contribution in [3.05, 3.63) is 58.7 Å². The van der Waals surface area contributed by atoms with Crippen molar-refractivity contribution in [1.82, 2.24) is 0 Å². The lowest BCUT2D eigenvalue weighted by Crippen LogP contribution is -2.56. The molecule has 0 unspecified atom stereocenters. The number of hydrogen-bond acceptors (Lipinski definition) is 2. The van der Waals surface area contributed by atoms with E-state index in [4.69, 9.17) is 0 Å². The van der Waals surface area contributed by atoms with Crippen molar-refractivity contribution in [2.24, 2.45) is 11.8 Å². The average Bonchev–Trinajstić information content (AvgIpc) is 2.70. The Bertz CT molecular complexity index is 856. The van der Waals surface area contributed by atoms with Gasteiger partial charge in [0, 0.05) is 0 Å². The fraction of sp³-hybridized carbons (Fsp3) is 0.571. The van der Waals surface area contributed by atoms with Crippen molar-refractivity contribution in [2.75, 3.05) is 0 Å². The van der Waals surface area contributed by atoms with Crippen molar-refractivity contribution in [1.29, 1.82) is 0 Å². The summed E-state index contributed by atoms with van der Waals surface area (Å²) in [6.07, 6.45) is 11.9. The topological polar surface area (TPSA) is 40.5 Å². The fourth-order valence-corrected chi connectivity index (χ4v) is 7.71. The predicted octanol–water partition coefficient (Wildman–Crippen LogP) is 6.79. The Morgan fingerprint density at radius 2 is 1.17 bits per heavy atom. The molecule has 2 nitrogen and oxygen atoms in total. The zero-order valence-corrected chi connectivity index (χ0v) is 18.6. The first-order valence-corrected chi connectivity index (χ1v) is 12.1. The summed E-state index contributed by atoms with van der Waals surface area (Å²) < 4.78 is 0. The molecular formula is C28H36O2. The van der Waals surface area contributed by atoms with Gasteiger partial charge in [-0.05, 0) is 108 Å². The first kappa shape index (κ1) is 20.0. The third-order valence-corrected chi connectivity index (χ3v) is 8.48. The summed E-state index contributed by atoms with van der Waals surface area (Å²) in [5, 5.41) is 20.7. The van der Waals surface area contributed by atoms with Gasteiger partial charge in [-0.3, -0.25) is 0 Å². The van der Waals surface area contributed by atoms with Gasteiger partial charge in [0.2, 0.25) is 0 Å². The van der Waals surface area contributed by atoms with Gasteiger partial charge in [-0.15, -0.1) is 0 Å². The average molecular weight is 405 g/mol. The first-order valence-electron chi connectivity index (χ1n) is 12.1. The van der Waals surface area contributed by atoms with Crippen LogP contribution < -0.4 is 0 Å². The summed E-state index contributed by atoms with van der Waals surface area (Å²) in [5.74, 6) is 2.53. The minimum atomic E-state index is 0.253. The van der Waals surface area contributed by atoms with E-state index in [0.717, 1.165) is 48.6 Å². The van der Waals surface area contributed by atoms with Crippen LogP contribution in [0, 0.1) is 11.8 Å². The molecule has 0 heterocycles. The van der Waals surface area contributed by atoms with E-state index in [0.29, 0.717) is 11.5 Å². The van der Waals surface area contributed by atoms with E-state index in [-0.39, 0.29) is 10.8 Å². The molecule has 4 fully saturated rings. The predicted molar refractivity (Wildman–Crippen MR) is 122 cm³/mol. The Morgan fingerprint density at radius 3 is 1.57 bits per heavy atom. The van der Waals surface area contributed by atoms with Crippen LogP contribution in [0.25, 0.3) is 0 Å².